The van der Waals surface area contributed by atoms with Crippen molar-refractivity contribution in [2.75, 3.05) is 51.9 Å². The monoisotopic (exact) mass is 319 g/mol. The summed E-state index contributed by atoms with van der Waals surface area (Å²) < 4.78 is 10.3. The lowest BCUT2D eigenvalue weighted by Crippen LogP contribution is -2.41. The van der Waals surface area contributed by atoms with Gasteiger partial charge in [0, 0.05) is 37.8 Å². The van der Waals surface area contributed by atoms with Crippen LogP contribution in [0.2, 0.25) is 0 Å². The maximum absolute atomic E-state index is 12.3. The molecule has 23 heavy (non-hydrogen) atoms. The number of methoxy groups -OCH3 is 1. The van der Waals surface area contributed by atoms with Gasteiger partial charge in [0.2, 0.25) is 5.91 Å². The zero-order chi connectivity index (χ0) is 16.1. The maximum Gasteiger partial charge on any atom is 0.237 e. The van der Waals surface area contributed by atoms with Crippen molar-refractivity contribution in [2.24, 2.45) is 0 Å². The Balaban J connectivity index is 1.48. The van der Waals surface area contributed by atoms with Gasteiger partial charge in [-0.1, -0.05) is 18.2 Å². The van der Waals surface area contributed by atoms with Crippen LogP contribution in [-0.4, -0.2) is 58.5 Å². The number of para-hydroxylation sites is 1. The van der Waals surface area contributed by atoms with Crippen LogP contribution in [0.25, 0.3) is 0 Å². The van der Waals surface area contributed by atoms with E-state index in [1.54, 1.807) is 7.11 Å². The first kappa shape index (κ1) is 16.2. The van der Waals surface area contributed by atoms with Crippen LogP contribution in [0.4, 0.5) is 5.69 Å². The van der Waals surface area contributed by atoms with Gasteiger partial charge in [0.15, 0.2) is 0 Å². The van der Waals surface area contributed by atoms with Crippen molar-refractivity contribution in [3.8, 4) is 0 Å². The minimum atomic E-state index is -0.137. The summed E-state index contributed by atoms with van der Waals surface area (Å²) in [5, 5.41) is 9.78. The molecule has 3 N–H and O–H groups in total. The van der Waals surface area contributed by atoms with Crippen LogP contribution in [0.3, 0.4) is 0 Å². The van der Waals surface area contributed by atoms with Gasteiger partial charge in [0.05, 0.1) is 25.9 Å². The van der Waals surface area contributed by atoms with Gasteiger partial charge in [0.25, 0.3) is 0 Å². The lowest BCUT2D eigenvalue weighted by atomic mass is 9.80. The summed E-state index contributed by atoms with van der Waals surface area (Å²) in [7, 11) is 1.64. The molecule has 1 aromatic carbocycles. The zero-order valence-electron chi connectivity index (χ0n) is 13.6. The van der Waals surface area contributed by atoms with Crippen molar-refractivity contribution in [2.45, 2.75) is 17.9 Å². The lowest BCUT2D eigenvalue weighted by molar-refractivity contribution is -0.123. The molecule has 3 rings (SSSR count). The van der Waals surface area contributed by atoms with E-state index in [9.17, 15) is 4.79 Å². The molecule has 1 aromatic rings. The second-order valence-electron chi connectivity index (χ2n) is 6.21. The molecule has 0 aliphatic carbocycles. The Hall–Kier alpha value is -1.63. The molecule has 2 aliphatic heterocycles. The van der Waals surface area contributed by atoms with E-state index in [4.69, 9.17) is 9.47 Å². The van der Waals surface area contributed by atoms with Crippen LogP contribution in [0, 0.1) is 0 Å². The molecule has 6 heteroatoms. The van der Waals surface area contributed by atoms with Gasteiger partial charge in [0.1, 0.15) is 0 Å². The van der Waals surface area contributed by atoms with Crippen molar-refractivity contribution < 1.29 is 14.3 Å². The average molecular weight is 319 g/mol. The van der Waals surface area contributed by atoms with E-state index in [0.717, 1.165) is 19.5 Å². The highest BCUT2D eigenvalue weighted by Crippen LogP contribution is 2.42. The third kappa shape index (κ3) is 3.49. The molecule has 0 aromatic heterocycles. The van der Waals surface area contributed by atoms with Crippen LogP contribution in [0.15, 0.2) is 24.3 Å². The molecule has 1 fully saturated rings. The molecule has 1 saturated heterocycles. The molecule has 1 spiro atoms. The van der Waals surface area contributed by atoms with E-state index in [1.165, 1.54) is 11.3 Å². The van der Waals surface area contributed by atoms with Crippen LogP contribution < -0.4 is 16.0 Å². The summed E-state index contributed by atoms with van der Waals surface area (Å²) in [6.45, 7) is 3.90. The summed E-state index contributed by atoms with van der Waals surface area (Å²) >= 11 is 0. The molecule has 2 unspecified atom stereocenters. The lowest BCUT2D eigenvalue weighted by Gasteiger charge is -2.22. The highest BCUT2D eigenvalue weighted by molar-refractivity contribution is 5.82. The number of anilines is 1. The predicted octanol–water partition coefficient (Wildman–Crippen LogP) is 0.491. The minimum absolute atomic E-state index is 0.0353. The molecule has 0 saturated carbocycles. The van der Waals surface area contributed by atoms with Gasteiger partial charge >= 0.3 is 0 Å². The van der Waals surface area contributed by atoms with Crippen LogP contribution in [0.5, 0.6) is 0 Å². The Morgan fingerprint density at radius 2 is 2.17 bits per heavy atom. The number of rotatable bonds is 7. The number of carbonyl (C=O) groups is 1. The fourth-order valence-corrected chi connectivity index (χ4v) is 3.45. The van der Waals surface area contributed by atoms with Gasteiger partial charge in [-0.3, -0.25) is 4.79 Å². The van der Waals surface area contributed by atoms with E-state index >= 15 is 0 Å². The quantitative estimate of drug-likeness (QED) is 0.638. The third-order valence-electron chi connectivity index (χ3n) is 4.69. The number of hydrogen-bond acceptors (Lipinski definition) is 5. The second kappa shape index (κ2) is 7.29. The van der Waals surface area contributed by atoms with Crippen molar-refractivity contribution in [1.82, 2.24) is 10.6 Å². The standard InChI is InChI=1S/C17H25N3O3/c1-22-8-9-23-7-6-18-16(21)15-10-17(12-20-15)11-19-14-5-3-2-4-13(14)17/h2-5,15,19-20H,6-12H2,1H3,(H,18,21). The fourth-order valence-electron chi connectivity index (χ4n) is 3.45. The average Bonchev–Trinajstić information content (AvgIpc) is 3.17. The highest BCUT2D eigenvalue weighted by Gasteiger charge is 2.46. The SMILES string of the molecule is COCCOCCNC(=O)C1CC2(CNc3ccccc32)CN1. The van der Waals surface area contributed by atoms with Crippen molar-refractivity contribution in [1.29, 1.82) is 0 Å². The van der Waals surface area contributed by atoms with E-state index in [0.29, 0.717) is 26.4 Å². The molecule has 6 nitrogen and oxygen atoms in total. The van der Waals surface area contributed by atoms with Gasteiger partial charge in [-0.15, -0.1) is 0 Å². The van der Waals surface area contributed by atoms with Gasteiger partial charge in [-0.05, 0) is 18.1 Å². The number of carbonyl (C=O) groups excluding carboxylic acids is 1. The van der Waals surface area contributed by atoms with E-state index in [2.05, 4.69) is 34.1 Å². The van der Waals surface area contributed by atoms with E-state index < -0.39 is 0 Å². The van der Waals surface area contributed by atoms with Gasteiger partial charge in [-0.25, -0.2) is 0 Å². The van der Waals surface area contributed by atoms with Crippen LogP contribution >= 0.6 is 0 Å². The van der Waals surface area contributed by atoms with Crippen LogP contribution in [-0.2, 0) is 19.7 Å². The molecule has 0 bridgehead atoms. The van der Waals surface area contributed by atoms with Crippen LogP contribution in [0.1, 0.15) is 12.0 Å². The minimum Gasteiger partial charge on any atom is -0.384 e. The Bertz CT molecular complexity index is 552. The molecule has 2 atom stereocenters. The van der Waals surface area contributed by atoms with Gasteiger partial charge in [-0.2, -0.15) is 0 Å². The Labute approximate surface area is 136 Å². The second-order valence-corrected chi connectivity index (χ2v) is 6.21. The Morgan fingerprint density at radius 3 is 3.04 bits per heavy atom. The van der Waals surface area contributed by atoms with Crippen molar-refractivity contribution in [3.63, 3.8) is 0 Å². The summed E-state index contributed by atoms with van der Waals surface area (Å²) in [4.78, 5) is 12.3. The molecule has 1 amide bonds. The van der Waals surface area contributed by atoms with Crippen molar-refractivity contribution >= 4 is 11.6 Å². The number of hydrogen-bond donors (Lipinski definition) is 3. The smallest absolute Gasteiger partial charge is 0.237 e. The van der Waals surface area contributed by atoms with E-state index in [1.807, 2.05) is 6.07 Å². The number of nitrogens with one attached hydrogen (secondary N) is 3. The van der Waals surface area contributed by atoms with E-state index in [-0.39, 0.29) is 17.4 Å². The first-order valence-corrected chi connectivity index (χ1v) is 8.16. The van der Waals surface area contributed by atoms with Crippen molar-refractivity contribution in [3.05, 3.63) is 29.8 Å². The molecular formula is C17H25N3O3. The Kier molecular flexibility index (Phi) is 5.15. The summed E-state index contributed by atoms with van der Waals surface area (Å²) in [6, 6.07) is 8.25. The number of ether oxygens (including phenoxy) is 2. The Morgan fingerprint density at radius 1 is 1.30 bits per heavy atom. The first-order valence-electron chi connectivity index (χ1n) is 8.16. The maximum atomic E-state index is 12.3. The molecule has 2 aliphatic rings. The predicted molar refractivity (Wildman–Crippen MR) is 88.7 cm³/mol. The molecule has 126 valence electrons. The zero-order valence-corrected chi connectivity index (χ0v) is 13.6. The fraction of sp³-hybridized carbons (Fsp3) is 0.588. The normalized spacial score (nSPS) is 25.3. The largest absolute Gasteiger partial charge is 0.384 e. The molecular weight excluding hydrogens is 294 g/mol. The summed E-state index contributed by atoms with van der Waals surface area (Å²) in [5.41, 5.74) is 2.56. The summed E-state index contributed by atoms with van der Waals surface area (Å²) in [5.74, 6) is 0.0570. The molecule has 0 radical (unpaired) electrons. The highest BCUT2D eigenvalue weighted by atomic mass is 16.5. The molecule has 2 heterocycles. The number of benzene rings is 1. The first-order chi connectivity index (χ1) is 11.2. The third-order valence-corrected chi connectivity index (χ3v) is 4.69. The summed E-state index contributed by atoms with van der Waals surface area (Å²) in [6.07, 6.45) is 0.827. The number of amides is 1. The number of fused-ring (bicyclic) bond motifs is 2. The van der Waals surface area contributed by atoms with Gasteiger partial charge < -0.3 is 25.4 Å². The topological polar surface area (TPSA) is 71.6 Å².